The van der Waals surface area contributed by atoms with Gasteiger partial charge in [0.2, 0.25) is 10.0 Å². The molecule has 1 aromatic carbocycles. The van der Waals surface area contributed by atoms with Crippen LogP contribution in [0, 0.1) is 0 Å². The number of aliphatic carboxylic acids is 1. The third-order valence-corrected chi connectivity index (χ3v) is 4.49. The smallest absolute Gasteiger partial charge is 0.310 e. The lowest BCUT2D eigenvalue weighted by Gasteiger charge is -2.12. The summed E-state index contributed by atoms with van der Waals surface area (Å²) in [6.45, 7) is 4.19. The molecule has 5 nitrogen and oxygen atoms in total. The minimum atomic E-state index is -3.49. The fraction of sp³-hybridized carbons (Fsp3) is 0.500. The number of hydrogen-bond acceptors (Lipinski definition) is 3. The van der Waals surface area contributed by atoms with Crippen LogP contribution >= 0.6 is 0 Å². The van der Waals surface area contributed by atoms with E-state index in [0.29, 0.717) is 18.5 Å². The first kappa shape index (κ1) is 16.7. The Morgan fingerprint density at radius 1 is 1.20 bits per heavy atom. The van der Waals surface area contributed by atoms with Crippen molar-refractivity contribution in [3.8, 4) is 0 Å². The van der Waals surface area contributed by atoms with Gasteiger partial charge in [0, 0.05) is 6.54 Å². The van der Waals surface area contributed by atoms with Gasteiger partial charge >= 0.3 is 5.97 Å². The highest BCUT2D eigenvalue weighted by Crippen LogP contribution is 2.23. The van der Waals surface area contributed by atoms with Crippen molar-refractivity contribution in [1.29, 1.82) is 0 Å². The molecule has 1 rings (SSSR count). The van der Waals surface area contributed by atoms with Crippen LogP contribution in [-0.4, -0.2) is 26.0 Å². The van der Waals surface area contributed by atoms with E-state index in [1.165, 1.54) is 12.1 Å². The number of carboxylic acids is 1. The van der Waals surface area contributed by atoms with Gasteiger partial charge in [-0.05, 0) is 30.5 Å². The van der Waals surface area contributed by atoms with E-state index in [1.54, 1.807) is 12.1 Å². The molecule has 0 fully saturated rings. The zero-order chi connectivity index (χ0) is 15.2. The van der Waals surface area contributed by atoms with Crippen LogP contribution in [0.3, 0.4) is 0 Å². The fourth-order valence-electron chi connectivity index (χ4n) is 1.92. The topological polar surface area (TPSA) is 83.5 Å². The summed E-state index contributed by atoms with van der Waals surface area (Å²) in [4.78, 5) is 11.3. The third-order valence-electron chi connectivity index (χ3n) is 3.01. The Morgan fingerprint density at radius 2 is 1.80 bits per heavy atom. The molecule has 0 heterocycles. The summed E-state index contributed by atoms with van der Waals surface area (Å²) in [5.41, 5.74) is 0.633. The van der Waals surface area contributed by atoms with Crippen LogP contribution in [0.15, 0.2) is 29.2 Å². The molecule has 0 aliphatic rings. The summed E-state index contributed by atoms with van der Waals surface area (Å²) in [7, 11) is -3.49. The Bertz CT molecular complexity index is 537. The molecule has 0 amide bonds. The van der Waals surface area contributed by atoms with Crippen molar-refractivity contribution in [3.63, 3.8) is 0 Å². The molecular weight excluding hydrogens is 278 g/mol. The third kappa shape index (κ3) is 4.31. The molecular formula is C14H21NO4S. The Labute approximate surface area is 120 Å². The monoisotopic (exact) mass is 299 g/mol. The number of carbonyl (C=O) groups is 1. The zero-order valence-corrected chi connectivity index (χ0v) is 12.6. The number of carboxylic acid groups (broad SMARTS) is 1. The van der Waals surface area contributed by atoms with Gasteiger partial charge in [0.25, 0.3) is 0 Å². The van der Waals surface area contributed by atoms with E-state index in [-0.39, 0.29) is 4.90 Å². The van der Waals surface area contributed by atoms with Gasteiger partial charge in [0.15, 0.2) is 0 Å². The maximum atomic E-state index is 11.9. The van der Waals surface area contributed by atoms with E-state index in [4.69, 9.17) is 0 Å². The van der Waals surface area contributed by atoms with Crippen LogP contribution in [0.4, 0.5) is 0 Å². The van der Waals surface area contributed by atoms with E-state index in [2.05, 4.69) is 4.72 Å². The molecule has 0 bridgehead atoms. The molecule has 0 spiro atoms. The number of nitrogens with one attached hydrogen (secondary N) is 1. The summed E-state index contributed by atoms with van der Waals surface area (Å²) in [5, 5.41) is 9.17. The molecule has 1 atom stereocenters. The van der Waals surface area contributed by atoms with E-state index < -0.39 is 21.9 Å². The largest absolute Gasteiger partial charge is 0.481 e. The maximum Gasteiger partial charge on any atom is 0.310 e. The normalized spacial score (nSPS) is 13.1. The SMILES string of the molecule is CCCNS(=O)(=O)c1ccc(C(CCC)C(=O)O)cc1. The molecule has 0 saturated heterocycles. The van der Waals surface area contributed by atoms with Crippen LogP contribution in [0.5, 0.6) is 0 Å². The molecule has 2 N–H and O–H groups in total. The van der Waals surface area contributed by atoms with Crippen molar-refractivity contribution in [1.82, 2.24) is 4.72 Å². The highest BCUT2D eigenvalue weighted by atomic mass is 32.2. The molecule has 0 aliphatic heterocycles. The van der Waals surface area contributed by atoms with Crippen molar-refractivity contribution in [3.05, 3.63) is 29.8 Å². The number of rotatable bonds is 8. The van der Waals surface area contributed by atoms with E-state index >= 15 is 0 Å². The standard InChI is InChI=1S/C14H21NO4S/c1-3-5-13(14(16)17)11-6-8-12(9-7-11)20(18,19)15-10-4-2/h6-9,13,15H,3-5,10H2,1-2H3,(H,16,17). The predicted octanol–water partition coefficient (Wildman–Crippen LogP) is 2.34. The Kier molecular flexibility index (Phi) is 6.16. The van der Waals surface area contributed by atoms with E-state index in [0.717, 1.165) is 12.8 Å². The van der Waals surface area contributed by atoms with E-state index in [1.807, 2.05) is 13.8 Å². The summed E-state index contributed by atoms with van der Waals surface area (Å²) in [6, 6.07) is 6.07. The number of sulfonamides is 1. The molecule has 6 heteroatoms. The van der Waals surface area contributed by atoms with Crippen molar-refractivity contribution >= 4 is 16.0 Å². The van der Waals surface area contributed by atoms with Crippen LogP contribution in [0.2, 0.25) is 0 Å². The van der Waals surface area contributed by atoms with Gasteiger partial charge in [-0.3, -0.25) is 4.79 Å². The average molecular weight is 299 g/mol. The number of hydrogen-bond donors (Lipinski definition) is 2. The van der Waals surface area contributed by atoms with Gasteiger partial charge in [-0.2, -0.15) is 0 Å². The van der Waals surface area contributed by atoms with E-state index in [9.17, 15) is 18.3 Å². The highest BCUT2D eigenvalue weighted by molar-refractivity contribution is 7.89. The van der Waals surface area contributed by atoms with Crippen LogP contribution < -0.4 is 4.72 Å². The molecule has 0 aromatic heterocycles. The Morgan fingerprint density at radius 3 is 2.25 bits per heavy atom. The van der Waals surface area contributed by atoms with Gasteiger partial charge in [-0.15, -0.1) is 0 Å². The van der Waals surface area contributed by atoms with Gasteiger partial charge in [-0.1, -0.05) is 32.4 Å². The summed E-state index contributed by atoms with van der Waals surface area (Å²) in [6.07, 6.45) is 2.01. The summed E-state index contributed by atoms with van der Waals surface area (Å²) < 4.78 is 26.3. The van der Waals surface area contributed by atoms with Gasteiger partial charge in [0.05, 0.1) is 10.8 Å². The van der Waals surface area contributed by atoms with Crippen molar-refractivity contribution < 1.29 is 18.3 Å². The minimum absolute atomic E-state index is 0.162. The molecule has 112 valence electrons. The maximum absolute atomic E-state index is 11.9. The van der Waals surface area contributed by atoms with Gasteiger partial charge < -0.3 is 5.11 Å². The second kappa shape index (κ2) is 7.40. The zero-order valence-electron chi connectivity index (χ0n) is 11.8. The van der Waals surface area contributed by atoms with Crippen LogP contribution in [0.25, 0.3) is 0 Å². The number of benzene rings is 1. The lowest BCUT2D eigenvalue weighted by atomic mass is 9.95. The lowest BCUT2D eigenvalue weighted by Crippen LogP contribution is -2.24. The molecule has 0 radical (unpaired) electrons. The quantitative estimate of drug-likeness (QED) is 0.771. The van der Waals surface area contributed by atoms with Gasteiger partial charge in [0.1, 0.15) is 0 Å². The van der Waals surface area contributed by atoms with Crippen molar-refractivity contribution in [2.45, 2.75) is 43.9 Å². The molecule has 0 saturated carbocycles. The second-order valence-corrected chi connectivity index (χ2v) is 6.41. The van der Waals surface area contributed by atoms with Crippen molar-refractivity contribution in [2.24, 2.45) is 0 Å². The average Bonchev–Trinajstić information content (AvgIpc) is 2.42. The Balaban J connectivity index is 2.95. The first-order valence-electron chi connectivity index (χ1n) is 6.74. The summed E-state index contributed by atoms with van der Waals surface area (Å²) in [5.74, 6) is -1.47. The molecule has 1 aromatic rings. The predicted molar refractivity (Wildman–Crippen MR) is 77.2 cm³/mol. The van der Waals surface area contributed by atoms with Crippen molar-refractivity contribution in [2.75, 3.05) is 6.54 Å². The molecule has 0 aliphatic carbocycles. The van der Waals surface area contributed by atoms with Crippen LogP contribution in [-0.2, 0) is 14.8 Å². The Hall–Kier alpha value is -1.40. The molecule has 1 unspecified atom stereocenters. The lowest BCUT2D eigenvalue weighted by molar-refractivity contribution is -0.139. The first-order valence-corrected chi connectivity index (χ1v) is 8.23. The van der Waals surface area contributed by atoms with Gasteiger partial charge in [-0.25, -0.2) is 13.1 Å². The molecule has 20 heavy (non-hydrogen) atoms. The van der Waals surface area contributed by atoms with Crippen LogP contribution in [0.1, 0.15) is 44.6 Å². The summed E-state index contributed by atoms with van der Waals surface area (Å²) >= 11 is 0. The highest BCUT2D eigenvalue weighted by Gasteiger charge is 2.20. The second-order valence-electron chi connectivity index (χ2n) is 4.65. The fourth-order valence-corrected chi connectivity index (χ4v) is 3.05. The first-order chi connectivity index (χ1) is 9.42. The minimum Gasteiger partial charge on any atom is -0.481 e.